The van der Waals surface area contributed by atoms with Gasteiger partial charge in [0.25, 0.3) is 0 Å². The fourth-order valence-electron chi connectivity index (χ4n) is 2.35. The summed E-state index contributed by atoms with van der Waals surface area (Å²) in [6.45, 7) is 7.09. The van der Waals surface area contributed by atoms with E-state index >= 15 is 0 Å². The highest BCUT2D eigenvalue weighted by Crippen LogP contribution is 2.29. The normalized spacial score (nSPS) is 12.6. The van der Waals surface area contributed by atoms with Crippen molar-refractivity contribution in [2.24, 2.45) is 0 Å². The second-order valence-corrected chi connectivity index (χ2v) is 7.28. The van der Waals surface area contributed by atoms with Gasteiger partial charge < -0.3 is 5.32 Å². The van der Waals surface area contributed by atoms with Crippen molar-refractivity contribution in [3.63, 3.8) is 0 Å². The first-order valence-electron chi connectivity index (χ1n) is 7.12. The van der Waals surface area contributed by atoms with Gasteiger partial charge in [-0.25, -0.2) is 9.37 Å². The van der Waals surface area contributed by atoms with Crippen LogP contribution in [0.2, 0.25) is 0 Å². The maximum atomic E-state index is 14.1. The largest absolute Gasteiger partial charge is 0.309 e. The lowest BCUT2D eigenvalue weighted by Gasteiger charge is -2.18. The van der Waals surface area contributed by atoms with E-state index in [4.69, 9.17) is 0 Å². The van der Waals surface area contributed by atoms with Crippen LogP contribution in [0.4, 0.5) is 4.39 Å². The summed E-state index contributed by atoms with van der Waals surface area (Å²) in [5.41, 5.74) is 1.78. The van der Waals surface area contributed by atoms with Crippen molar-refractivity contribution >= 4 is 27.3 Å². The molecule has 0 bridgehead atoms. The van der Waals surface area contributed by atoms with Gasteiger partial charge in [-0.15, -0.1) is 11.3 Å². The number of hydrogen-bond donors (Lipinski definition) is 1. The fourth-order valence-corrected chi connectivity index (χ4v) is 3.69. The highest BCUT2D eigenvalue weighted by Gasteiger charge is 2.19. The lowest BCUT2D eigenvalue weighted by atomic mass is 10.0. The molecule has 0 radical (unpaired) electrons. The van der Waals surface area contributed by atoms with Crippen molar-refractivity contribution in [1.29, 1.82) is 0 Å². The van der Waals surface area contributed by atoms with Gasteiger partial charge in [-0.2, -0.15) is 0 Å². The number of hydrogen-bond acceptors (Lipinski definition) is 3. The number of halogens is 2. The van der Waals surface area contributed by atoms with Crippen LogP contribution in [0.3, 0.4) is 0 Å². The summed E-state index contributed by atoms with van der Waals surface area (Å²) < 4.78 is 14.9. The number of aromatic nitrogens is 1. The van der Waals surface area contributed by atoms with Crippen LogP contribution in [0.25, 0.3) is 0 Å². The molecule has 1 aromatic carbocycles. The van der Waals surface area contributed by atoms with Gasteiger partial charge in [0.1, 0.15) is 5.82 Å². The lowest BCUT2D eigenvalue weighted by molar-refractivity contribution is 0.516. The van der Waals surface area contributed by atoms with Crippen molar-refractivity contribution in [2.45, 2.75) is 39.7 Å². The number of nitrogens with zero attached hydrogens (tertiary/aromatic N) is 1. The molecule has 1 heterocycles. The Morgan fingerprint density at radius 1 is 1.38 bits per heavy atom. The second kappa shape index (κ2) is 7.47. The number of aryl methyl sites for hydroxylation is 2. The van der Waals surface area contributed by atoms with Crippen LogP contribution < -0.4 is 5.32 Å². The minimum absolute atomic E-state index is 0.117. The molecule has 1 aromatic heterocycles. The molecule has 21 heavy (non-hydrogen) atoms. The van der Waals surface area contributed by atoms with E-state index in [1.54, 1.807) is 11.3 Å². The zero-order valence-electron chi connectivity index (χ0n) is 12.5. The summed E-state index contributed by atoms with van der Waals surface area (Å²) in [5.74, 6) is -0.161. The molecule has 0 fully saturated rings. The van der Waals surface area contributed by atoms with E-state index < -0.39 is 0 Å². The highest BCUT2D eigenvalue weighted by molar-refractivity contribution is 9.10. The lowest BCUT2D eigenvalue weighted by Crippen LogP contribution is -2.24. The summed E-state index contributed by atoms with van der Waals surface area (Å²) in [4.78, 5) is 5.71. The van der Waals surface area contributed by atoms with Gasteiger partial charge in [0.05, 0.1) is 10.7 Å². The molecule has 1 unspecified atom stereocenters. The third-order valence-corrected chi connectivity index (χ3v) is 5.02. The minimum atomic E-state index is -0.161. The van der Waals surface area contributed by atoms with Crippen LogP contribution in [0.1, 0.15) is 40.5 Å². The SMILES string of the molecule is CCCNC(Cc1ccc(Br)cc1F)c1sc(C)nc1C. The van der Waals surface area contributed by atoms with Gasteiger partial charge in [0.2, 0.25) is 0 Å². The average Bonchev–Trinajstić information content (AvgIpc) is 2.76. The second-order valence-electron chi connectivity index (χ2n) is 5.13. The molecule has 5 heteroatoms. The van der Waals surface area contributed by atoms with E-state index in [1.165, 1.54) is 10.9 Å². The van der Waals surface area contributed by atoms with Gasteiger partial charge in [0.15, 0.2) is 0 Å². The highest BCUT2D eigenvalue weighted by atomic mass is 79.9. The molecule has 0 aliphatic heterocycles. The Labute approximate surface area is 137 Å². The molecule has 0 aliphatic carbocycles. The molecular formula is C16H20BrFN2S. The molecule has 0 saturated heterocycles. The maximum absolute atomic E-state index is 14.1. The zero-order valence-corrected chi connectivity index (χ0v) is 14.9. The van der Waals surface area contributed by atoms with Gasteiger partial charge in [-0.1, -0.05) is 28.9 Å². The first kappa shape index (κ1) is 16.6. The van der Waals surface area contributed by atoms with Crippen molar-refractivity contribution < 1.29 is 4.39 Å². The van der Waals surface area contributed by atoms with Crippen LogP contribution in [-0.2, 0) is 6.42 Å². The Hall–Kier alpha value is -0.780. The van der Waals surface area contributed by atoms with Crippen molar-refractivity contribution in [2.75, 3.05) is 6.54 Å². The Balaban J connectivity index is 2.26. The molecule has 2 nitrogen and oxygen atoms in total. The fraction of sp³-hybridized carbons (Fsp3) is 0.438. The molecule has 114 valence electrons. The summed E-state index contributed by atoms with van der Waals surface area (Å²) in [6, 6.07) is 5.38. The topological polar surface area (TPSA) is 24.9 Å². The van der Waals surface area contributed by atoms with Gasteiger partial charge >= 0.3 is 0 Å². The standard InChI is InChI=1S/C16H20BrFN2S/c1-4-7-19-15(16-10(2)20-11(3)21-16)8-12-5-6-13(17)9-14(12)18/h5-6,9,15,19H,4,7-8H2,1-3H3. The quantitative estimate of drug-likeness (QED) is 0.778. The number of benzene rings is 1. The molecule has 0 saturated carbocycles. The van der Waals surface area contributed by atoms with E-state index in [0.29, 0.717) is 6.42 Å². The molecule has 1 atom stereocenters. The Bertz CT molecular complexity index is 612. The third kappa shape index (κ3) is 4.34. The smallest absolute Gasteiger partial charge is 0.127 e. The Morgan fingerprint density at radius 3 is 2.71 bits per heavy atom. The van der Waals surface area contributed by atoms with Crippen molar-refractivity contribution in [3.8, 4) is 0 Å². The summed E-state index contributed by atoms with van der Waals surface area (Å²) >= 11 is 5.00. The van der Waals surface area contributed by atoms with Crippen LogP contribution in [0.15, 0.2) is 22.7 Å². The average molecular weight is 371 g/mol. The summed E-state index contributed by atoms with van der Waals surface area (Å²) in [5, 5.41) is 4.58. The van der Waals surface area contributed by atoms with E-state index in [2.05, 4.69) is 33.2 Å². The van der Waals surface area contributed by atoms with Crippen LogP contribution in [0, 0.1) is 19.7 Å². The molecule has 0 amide bonds. The van der Waals surface area contributed by atoms with Gasteiger partial charge in [-0.3, -0.25) is 0 Å². The number of thiazole rings is 1. The Morgan fingerprint density at radius 2 is 2.14 bits per heavy atom. The first-order chi connectivity index (χ1) is 10.0. The zero-order chi connectivity index (χ0) is 15.4. The van der Waals surface area contributed by atoms with E-state index in [0.717, 1.165) is 33.7 Å². The third-order valence-electron chi connectivity index (χ3n) is 3.34. The number of rotatable bonds is 6. The molecular weight excluding hydrogens is 351 g/mol. The molecule has 2 aromatic rings. The Kier molecular flexibility index (Phi) is 5.90. The van der Waals surface area contributed by atoms with Crippen LogP contribution in [-0.4, -0.2) is 11.5 Å². The van der Waals surface area contributed by atoms with Crippen molar-refractivity contribution in [3.05, 3.63) is 49.6 Å². The predicted molar refractivity (Wildman–Crippen MR) is 90.4 cm³/mol. The first-order valence-corrected chi connectivity index (χ1v) is 8.73. The summed E-state index contributed by atoms with van der Waals surface area (Å²) in [7, 11) is 0. The summed E-state index contributed by atoms with van der Waals surface area (Å²) in [6.07, 6.45) is 1.69. The van der Waals surface area contributed by atoms with Crippen LogP contribution in [0.5, 0.6) is 0 Å². The molecule has 0 spiro atoms. The monoisotopic (exact) mass is 370 g/mol. The van der Waals surface area contributed by atoms with E-state index in [-0.39, 0.29) is 11.9 Å². The van der Waals surface area contributed by atoms with Gasteiger partial charge in [-0.05, 0) is 50.9 Å². The molecule has 2 rings (SSSR count). The van der Waals surface area contributed by atoms with E-state index in [1.807, 2.05) is 26.0 Å². The maximum Gasteiger partial charge on any atom is 0.127 e. The van der Waals surface area contributed by atoms with E-state index in [9.17, 15) is 4.39 Å². The molecule has 1 N–H and O–H groups in total. The van der Waals surface area contributed by atoms with Gasteiger partial charge in [0, 0.05) is 15.4 Å². The minimum Gasteiger partial charge on any atom is -0.309 e. The predicted octanol–water partition coefficient (Wildman–Crippen LogP) is 4.94. The van der Waals surface area contributed by atoms with Crippen molar-refractivity contribution in [1.82, 2.24) is 10.3 Å². The number of nitrogens with one attached hydrogen (secondary N) is 1. The molecule has 0 aliphatic rings. The van der Waals surface area contributed by atoms with Crippen LogP contribution >= 0.6 is 27.3 Å².